The van der Waals surface area contributed by atoms with Crippen molar-refractivity contribution in [3.05, 3.63) is 144 Å². The Morgan fingerprint density at radius 3 is 0.860 bits per heavy atom. The largest absolute Gasteiger partial charge is 0.321 e. The summed E-state index contributed by atoms with van der Waals surface area (Å²) < 4.78 is 106. The minimum atomic E-state index is -4.95. The first-order chi connectivity index (χ1) is 26.9. The molecule has 0 radical (unpaired) electrons. The molecular formula is C39H27N3O12S3. The van der Waals surface area contributed by atoms with E-state index in [1.165, 1.54) is 72.8 Å². The van der Waals surface area contributed by atoms with E-state index >= 15 is 0 Å². The van der Waals surface area contributed by atoms with Gasteiger partial charge in [-0.1, -0.05) is 91.0 Å². The highest BCUT2D eigenvalue weighted by molar-refractivity contribution is 7.86. The van der Waals surface area contributed by atoms with Gasteiger partial charge in [-0.15, -0.1) is 0 Å². The molecule has 0 aliphatic carbocycles. The van der Waals surface area contributed by atoms with Gasteiger partial charge in [-0.2, -0.15) is 25.3 Å². The maximum atomic E-state index is 13.9. The predicted molar refractivity (Wildman–Crippen MR) is 212 cm³/mol. The normalized spacial score (nSPS) is 12.1. The lowest BCUT2D eigenvalue weighted by Crippen LogP contribution is -2.21. The molecule has 0 bridgehead atoms. The van der Waals surface area contributed by atoms with Gasteiger partial charge >= 0.3 is 0 Å². The minimum Gasteiger partial charge on any atom is -0.321 e. The number of amides is 3. The lowest BCUT2D eigenvalue weighted by Gasteiger charge is -2.16. The molecule has 57 heavy (non-hydrogen) atoms. The highest BCUT2D eigenvalue weighted by Gasteiger charge is 2.26. The Kier molecular flexibility index (Phi) is 9.86. The number of fused-ring (bicyclic) bond motifs is 3. The van der Waals surface area contributed by atoms with Crippen molar-refractivity contribution in [2.24, 2.45) is 0 Å². The number of carbonyl (C=O) groups excluding carboxylic acids is 3. The molecule has 0 heterocycles. The molecule has 0 unspecified atom stereocenters. The van der Waals surface area contributed by atoms with Crippen LogP contribution in [0.3, 0.4) is 0 Å². The van der Waals surface area contributed by atoms with Crippen molar-refractivity contribution in [3.63, 3.8) is 0 Å². The van der Waals surface area contributed by atoms with Crippen LogP contribution in [0.1, 0.15) is 31.1 Å². The van der Waals surface area contributed by atoms with Crippen LogP contribution in [0.5, 0.6) is 0 Å². The topological polar surface area (TPSA) is 250 Å². The van der Waals surface area contributed by atoms with E-state index in [0.29, 0.717) is 16.2 Å². The molecule has 3 amide bonds. The van der Waals surface area contributed by atoms with Crippen molar-refractivity contribution in [1.29, 1.82) is 0 Å². The minimum absolute atomic E-state index is 0.0704. The van der Waals surface area contributed by atoms with Gasteiger partial charge in [0, 0.05) is 32.8 Å². The van der Waals surface area contributed by atoms with Crippen LogP contribution in [-0.4, -0.2) is 56.6 Å². The fourth-order valence-corrected chi connectivity index (χ4v) is 9.04. The summed E-state index contributed by atoms with van der Waals surface area (Å²) in [4.78, 5) is 39.7. The summed E-state index contributed by atoms with van der Waals surface area (Å²) in [5.41, 5.74) is -2.35. The molecule has 288 valence electrons. The van der Waals surface area contributed by atoms with Crippen LogP contribution in [0, 0.1) is 0 Å². The average molecular weight is 826 g/mol. The Labute approximate surface area is 324 Å². The first kappa shape index (κ1) is 38.7. The second-order valence-electron chi connectivity index (χ2n) is 12.6. The van der Waals surface area contributed by atoms with Gasteiger partial charge in [0.15, 0.2) is 0 Å². The summed E-state index contributed by atoms with van der Waals surface area (Å²) in [5, 5.41) is 8.62. The Morgan fingerprint density at radius 2 is 0.614 bits per heavy atom. The monoisotopic (exact) mass is 825 g/mol. The van der Waals surface area contributed by atoms with Crippen molar-refractivity contribution in [2.75, 3.05) is 16.0 Å². The zero-order valence-electron chi connectivity index (χ0n) is 28.9. The third-order valence-electron chi connectivity index (χ3n) is 8.88. The second-order valence-corrected chi connectivity index (χ2v) is 16.7. The summed E-state index contributed by atoms with van der Waals surface area (Å²) >= 11 is 0. The third-order valence-corrected chi connectivity index (χ3v) is 11.7. The molecular weight excluding hydrogens is 799 g/mol. The summed E-state index contributed by atoms with van der Waals surface area (Å²) in [6.07, 6.45) is 0. The van der Waals surface area contributed by atoms with Gasteiger partial charge in [0.2, 0.25) is 0 Å². The number of benzene rings is 7. The molecule has 6 N–H and O–H groups in total. The highest BCUT2D eigenvalue weighted by atomic mass is 32.2. The van der Waals surface area contributed by atoms with E-state index < -0.39 is 79.5 Å². The van der Waals surface area contributed by atoms with Crippen LogP contribution in [0.2, 0.25) is 0 Å². The number of nitrogens with one attached hydrogen (secondary N) is 3. The molecule has 15 nitrogen and oxygen atoms in total. The zero-order valence-corrected chi connectivity index (χ0v) is 31.3. The van der Waals surface area contributed by atoms with E-state index in [4.69, 9.17) is 0 Å². The van der Waals surface area contributed by atoms with Gasteiger partial charge in [0.1, 0.15) is 14.7 Å². The molecule has 7 rings (SSSR count). The standard InChI is InChI=1S/C39H27N3O12S3/c43-37(40-31-16-13-22-7-1-4-10-28(22)34(31)55(46,47)48)25-19-26(38(44)41-32-17-14-23-8-2-5-11-29(23)35(32)56(49,50)51)21-27(20-25)39(45)42-33-18-15-24-9-3-6-12-30(24)36(33)57(52,53)54/h1-21H,(H,40,43)(H,41,44)(H,42,45)(H,46,47,48)(H,49,50,51)(H,52,53,54). The van der Waals surface area contributed by atoms with E-state index in [9.17, 15) is 53.3 Å². The molecule has 0 saturated heterocycles. The second kappa shape index (κ2) is 14.5. The van der Waals surface area contributed by atoms with Crippen LogP contribution in [0.15, 0.2) is 142 Å². The number of rotatable bonds is 9. The fourth-order valence-electron chi connectivity index (χ4n) is 6.46. The van der Waals surface area contributed by atoms with Crippen LogP contribution in [0.4, 0.5) is 17.1 Å². The van der Waals surface area contributed by atoms with Crippen molar-refractivity contribution < 1.29 is 53.3 Å². The van der Waals surface area contributed by atoms with Gasteiger partial charge in [-0.3, -0.25) is 28.0 Å². The molecule has 7 aromatic carbocycles. The average Bonchev–Trinajstić information content (AvgIpc) is 3.15. The van der Waals surface area contributed by atoms with Gasteiger partial charge < -0.3 is 16.0 Å². The van der Waals surface area contributed by atoms with Crippen molar-refractivity contribution in [3.8, 4) is 0 Å². The number of hydrogen-bond acceptors (Lipinski definition) is 9. The molecule has 0 aromatic heterocycles. The van der Waals surface area contributed by atoms with E-state index in [1.807, 2.05) is 0 Å². The Morgan fingerprint density at radius 1 is 0.368 bits per heavy atom. The Balaban J connectivity index is 1.34. The van der Waals surface area contributed by atoms with Crippen LogP contribution in [-0.2, 0) is 30.4 Å². The molecule has 0 fully saturated rings. The van der Waals surface area contributed by atoms with Crippen molar-refractivity contribution in [2.45, 2.75) is 14.7 Å². The zero-order chi connectivity index (χ0) is 40.9. The summed E-state index contributed by atoms with van der Waals surface area (Å²) in [7, 11) is -14.8. The quantitative estimate of drug-likeness (QED) is 0.0838. The van der Waals surface area contributed by atoms with E-state index in [1.54, 1.807) is 36.4 Å². The predicted octanol–water partition coefficient (Wildman–Crippen LogP) is 6.64. The molecule has 0 aliphatic heterocycles. The maximum absolute atomic E-state index is 13.9. The number of hydrogen-bond donors (Lipinski definition) is 6. The summed E-state index contributed by atoms with van der Waals surface area (Å²) in [6.45, 7) is 0. The molecule has 0 aliphatic rings. The maximum Gasteiger partial charge on any atom is 0.297 e. The SMILES string of the molecule is O=C(Nc1ccc2ccccc2c1S(=O)(=O)O)c1cc(C(=O)Nc2ccc3ccccc3c2S(=O)(=O)O)cc(C(=O)Nc2ccc3ccccc3c2S(=O)(=O)O)c1. The highest BCUT2D eigenvalue weighted by Crippen LogP contribution is 2.34. The van der Waals surface area contributed by atoms with Gasteiger partial charge in [-0.25, -0.2) is 0 Å². The van der Waals surface area contributed by atoms with Crippen molar-refractivity contribution in [1.82, 2.24) is 0 Å². The first-order valence-corrected chi connectivity index (χ1v) is 20.8. The summed E-state index contributed by atoms with van der Waals surface area (Å²) in [5.74, 6) is -3.23. The van der Waals surface area contributed by atoms with Gasteiger partial charge in [0.05, 0.1) is 17.1 Å². The van der Waals surface area contributed by atoms with Crippen LogP contribution in [0.25, 0.3) is 32.3 Å². The smallest absolute Gasteiger partial charge is 0.297 e. The van der Waals surface area contributed by atoms with Crippen LogP contribution >= 0.6 is 0 Å². The van der Waals surface area contributed by atoms with Gasteiger partial charge in [-0.05, 0) is 52.6 Å². The fraction of sp³-hybridized carbons (Fsp3) is 0. The first-order valence-electron chi connectivity index (χ1n) is 16.5. The lowest BCUT2D eigenvalue weighted by atomic mass is 10.0. The van der Waals surface area contributed by atoms with E-state index in [-0.39, 0.29) is 33.2 Å². The molecule has 0 saturated carbocycles. The summed E-state index contributed by atoms with van der Waals surface area (Å²) in [6, 6.07) is 29.5. The van der Waals surface area contributed by atoms with Gasteiger partial charge in [0.25, 0.3) is 48.1 Å². The van der Waals surface area contributed by atoms with E-state index in [0.717, 1.165) is 18.2 Å². The lowest BCUT2D eigenvalue weighted by molar-refractivity contribution is 0.102. The van der Waals surface area contributed by atoms with Crippen molar-refractivity contribution >= 4 is 97.5 Å². The number of anilines is 3. The van der Waals surface area contributed by atoms with E-state index in [2.05, 4.69) is 16.0 Å². The molecule has 7 aromatic rings. The molecule has 0 atom stereocenters. The molecule has 0 spiro atoms. The Bertz CT molecular complexity index is 2850. The Hall–Kier alpha value is -6.54. The molecule has 18 heteroatoms. The number of carbonyl (C=O) groups is 3. The van der Waals surface area contributed by atoms with Crippen LogP contribution < -0.4 is 16.0 Å². The third kappa shape index (κ3) is 7.81.